The Labute approximate surface area is 94.1 Å². The van der Waals surface area contributed by atoms with Gasteiger partial charge in [0.25, 0.3) is 5.91 Å². The van der Waals surface area contributed by atoms with Gasteiger partial charge in [0.1, 0.15) is 6.61 Å². The van der Waals surface area contributed by atoms with Gasteiger partial charge in [0.15, 0.2) is 11.5 Å². The maximum atomic E-state index is 11.6. The van der Waals surface area contributed by atoms with E-state index >= 15 is 0 Å². The maximum absolute atomic E-state index is 11.6. The van der Waals surface area contributed by atoms with Crippen molar-refractivity contribution in [3.8, 4) is 0 Å². The number of hydrogen-bond acceptors (Lipinski definition) is 5. The second kappa shape index (κ2) is 5.62. The van der Waals surface area contributed by atoms with Crippen LogP contribution >= 0.6 is 0 Å². The lowest BCUT2D eigenvalue weighted by molar-refractivity contribution is 0.0926. The van der Waals surface area contributed by atoms with Crippen LogP contribution < -0.4 is 11.1 Å². The van der Waals surface area contributed by atoms with E-state index < -0.39 is 0 Å². The Kier molecular flexibility index (Phi) is 4.45. The van der Waals surface area contributed by atoms with Crippen LogP contribution in [0.1, 0.15) is 30.1 Å². The lowest BCUT2D eigenvalue weighted by Gasteiger charge is -2.16. The predicted molar refractivity (Wildman–Crippen MR) is 57.8 cm³/mol. The largest absolute Gasteiger partial charge is 0.377 e. The van der Waals surface area contributed by atoms with E-state index in [9.17, 15) is 4.79 Å². The standard InChI is InChI=1S/C10H17N3O3/c1-6(11)7(2)12-10(14)9-4-8(5-15-3)16-13-9/h4,6-7H,5,11H2,1-3H3,(H,12,14). The molecule has 0 saturated carbocycles. The number of nitrogens with zero attached hydrogens (tertiary/aromatic N) is 1. The zero-order valence-electron chi connectivity index (χ0n) is 9.69. The quantitative estimate of drug-likeness (QED) is 0.754. The third-order valence-corrected chi connectivity index (χ3v) is 2.23. The first-order valence-corrected chi connectivity index (χ1v) is 5.05. The van der Waals surface area contributed by atoms with Gasteiger partial charge in [0.2, 0.25) is 0 Å². The molecule has 16 heavy (non-hydrogen) atoms. The lowest BCUT2D eigenvalue weighted by Crippen LogP contribution is -2.44. The molecule has 2 atom stereocenters. The van der Waals surface area contributed by atoms with Crippen LogP contribution in [0, 0.1) is 0 Å². The van der Waals surface area contributed by atoms with Gasteiger partial charge < -0.3 is 20.3 Å². The first-order chi connectivity index (χ1) is 7.54. The predicted octanol–water partition coefficient (Wildman–Crippen LogP) is 0.286. The molecule has 0 spiro atoms. The van der Waals surface area contributed by atoms with Crippen molar-refractivity contribution in [3.05, 3.63) is 17.5 Å². The minimum atomic E-state index is -0.295. The van der Waals surface area contributed by atoms with Crippen molar-refractivity contribution < 1.29 is 14.1 Å². The van der Waals surface area contributed by atoms with E-state index in [0.29, 0.717) is 12.4 Å². The van der Waals surface area contributed by atoms with Crippen molar-refractivity contribution in [2.24, 2.45) is 5.73 Å². The summed E-state index contributed by atoms with van der Waals surface area (Å²) in [7, 11) is 1.54. The molecule has 0 aliphatic carbocycles. The molecule has 1 amide bonds. The number of carbonyl (C=O) groups excluding carboxylic acids is 1. The number of aromatic nitrogens is 1. The SMILES string of the molecule is COCc1cc(C(=O)NC(C)C(C)N)no1. The third kappa shape index (κ3) is 3.32. The molecule has 3 N–H and O–H groups in total. The summed E-state index contributed by atoms with van der Waals surface area (Å²) in [5.41, 5.74) is 5.87. The summed E-state index contributed by atoms with van der Waals surface area (Å²) in [6.07, 6.45) is 0. The number of nitrogens with two attached hydrogens (primary N) is 1. The normalized spacial score (nSPS) is 14.5. The van der Waals surface area contributed by atoms with Crippen LogP contribution in [0.15, 0.2) is 10.6 Å². The van der Waals surface area contributed by atoms with Gasteiger partial charge in [-0.15, -0.1) is 0 Å². The summed E-state index contributed by atoms with van der Waals surface area (Å²) < 4.78 is 9.76. The average molecular weight is 227 g/mol. The van der Waals surface area contributed by atoms with E-state index in [-0.39, 0.29) is 23.7 Å². The van der Waals surface area contributed by atoms with Crippen molar-refractivity contribution in [2.75, 3.05) is 7.11 Å². The van der Waals surface area contributed by atoms with Gasteiger partial charge in [-0.3, -0.25) is 4.79 Å². The molecule has 0 aromatic carbocycles. The van der Waals surface area contributed by atoms with Crippen molar-refractivity contribution in [3.63, 3.8) is 0 Å². The van der Waals surface area contributed by atoms with Gasteiger partial charge in [-0.05, 0) is 13.8 Å². The van der Waals surface area contributed by atoms with Crippen LogP contribution in [0.2, 0.25) is 0 Å². The van der Waals surface area contributed by atoms with Crippen LogP contribution in [0.25, 0.3) is 0 Å². The Morgan fingerprint density at radius 3 is 2.94 bits per heavy atom. The van der Waals surface area contributed by atoms with Crippen molar-refractivity contribution in [2.45, 2.75) is 32.5 Å². The molecule has 0 saturated heterocycles. The molecule has 0 aliphatic rings. The lowest BCUT2D eigenvalue weighted by atomic mass is 10.2. The first-order valence-electron chi connectivity index (χ1n) is 5.05. The fourth-order valence-corrected chi connectivity index (χ4v) is 1.04. The van der Waals surface area contributed by atoms with E-state index in [0.717, 1.165) is 0 Å². The van der Waals surface area contributed by atoms with E-state index in [4.69, 9.17) is 15.0 Å². The highest BCUT2D eigenvalue weighted by molar-refractivity contribution is 5.92. The minimum Gasteiger partial charge on any atom is -0.377 e. The summed E-state index contributed by atoms with van der Waals surface area (Å²) in [4.78, 5) is 11.6. The van der Waals surface area contributed by atoms with Crippen molar-refractivity contribution >= 4 is 5.91 Å². The molecular formula is C10H17N3O3. The number of amides is 1. The van der Waals surface area contributed by atoms with Gasteiger partial charge in [-0.1, -0.05) is 5.16 Å². The molecule has 1 aromatic rings. The molecule has 6 nitrogen and oxygen atoms in total. The van der Waals surface area contributed by atoms with Crippen LogP contribution in [0.4, 0.5) is 0 Å². The fourth-order valence-electron chi connectivity index (χ4n) is 1.04. The van der Waals surface area contributed by atoms with E-state index in [2.05, 4.69) is 10.5 Å². The maximum Gasteiger partial charge on any atom is 0.273 e. The Hall–Kier alpha value is -1.40. The summed E-state index contributed by atoms with van der Waals surface area (Å²) in [6.45, 7) is 3.95. The van der Waals surface area contributed by atoms with Crippen molar-refractivity contribution in [1.29, 1.82) is 0 Å². The van der Waals surface area contributed by atoms with Gasteiger partial charge in [-0.25, -0.2) is 0 Å². The summed E-state index contributed by atoms with van der Waals surface area (Å²) in [5.74, 6) is 0.219. The number of hydrogen-bond donors (Lipinski definition) is 2. The zero-order chi connectivity index (χ0) is 12.1. The topological polar surface area (TPSA) is 90.4 Å². The van der Waals surface area contributed by atoms with E-state index in [1.165, 1.54) is 0 Å². The molecule has 6 heteroatoms. The number of methoxy groups -OCH3 is 1. The Balaban J connectivity index is 2.59. The molecule has 0 radical (unpaired) electrons. The van der Waals surface area contributed by atoms with Gasteiger partial charge in [0.05, 0.1) is 0 Å². The van der Waals surface area contributed by atoms with Crippen LogP contribution in [0.3, 0.4) is 0 Å². The van der Waals surface area contributed by atoms with E-state index in [1.54, 1.807) is 13.2 Å². The molecule has 0 aliphatic heterocycles. The molecule has 1 rings (SSSR count). The first kappa shape index (κ1) is 12.7. The molecule has 90 valence electrons. The van der Waals surface area contributed by atoms with Crippen molar-refractivity contribution in [1.82, 2.24) is 10.5 Å². The number of rotatable bonds is 5. The van der Waals surface area contributed by atoms with Gasteiger partial charge in [0, 0.05) is 25.3 Å². The highest BCUT2D eigenvalue weighted by Gasteiger charge is 2.16. The second-order valence-electron chi connectivity index (χ2n) is 3.73. The highest BCUT2D eigenvalue weighted by Crippen LogP contribution is 2.05. The fraction of sp³-hybridized carbons (Fsp3) is 0.600. The van der Waals surface area contributed by atoms with Crippen LogP contribution in [-0.2, 0) is 11.3 Å². The average Bonchev–Trinajstić information content (AvgIpc) is 2.66. The number of nitrogens with one attached hydrogen (secondary N) is 1. The van der Waals surface area contributed by atoms with Crippen LogP contribution in [-0.4, -0.2) is 30.3 Å². The molecular weight excluding hydrogens is 210 g/mol. The monoisotopic (exact) mass is 227 g/mol. The Bertz CT molecular complexity index is 349. The third-order valence-electron chi connectivity index (χ3n) is 2.23. The molecule has 0 fully saturated rings. The highest BCUT2D eigenvalue weighted by atomic mass is 16.5. The summed E-state index contributed by atoms with van der Waals surface area (Å²) in [6, 6.07) is 1.32. The zero-order valence-corrected chi connectivity index (χ0v) is 9.69. The van der Waals surface area contributed by atoms with E-state index in [1.807, 2.05) is 13.8 Å². The second-order valence-corrected chi connectivity index (χ2v) is 3.73. The minimum absolute atomic E-state index is 0.116. The summed E-state index contributed by atoms with van der Waals surface area (Å²) >= 11 is 0. The molecule has 2 unspecified atom stereocenters. The summed E-state index contributed by atoms with van der Waals surface area (Å²) in [5, 5.41) is 6.36. The number of ether oxygens (including phenoxy) is 1. The molecule has 1 heterocycles. The van der Waals surface area contributed by atoms with Gasteiger partial charge in [-0.2, -0.15) is 0 Å². The number of carbonyl (C=O) groups is 1. The molecule has 0 bridgehead atoms. The van der Waals surface area contributed by atoms with Crippen LogP contribution in [0.5, 0.6) is 0 Å². The smallest absolute Gasteiger partial charge is 0.273 e. The van der Waals surface area contributed by atoms with Gasteiger partial charge >= 0.3 is 0 Å². The Morgan fingerprint density at radius 1 is 1.69 bits per heavy atom. The Morgan fingerprint density at radius 2 is 2.38 bits per heavy atom. The molecule has 1 aromatic heterocycles.